The van der Waals surface area contributed by atoms with Gasteiger partial charge in [0.1, 0.15) is 0 Å². The highest BCUT2D eigenvalue weighted by Gasteiger charge is 2.32. The second-order valence-corrected chi connectivity index (χ2v) is 6.40. The topological polar surface area (TPSA) is 56.6 Å². The predicted molar refractivity (Wildman–Crippen MR) is 93.0 cm³/mol. The van der Waals surface area contributed by atoms with Crippen LogP contribution in [-0.4, -0.2) is 35.6 Å². The molecule has 0 unspecified atom stereocenters. The first-order chi connectivity index (χ1) is 12.8. The maximum atomic E-state index is 12.5. The number of piperidine rings is 1. The molecule has 2 heterocycles. The minimum Gasteiger partial charge on any atom is -0.489 e. The minimum atomic E-state index is -4.76. The molecule has 27 heavy (non-hydrogen) atoms. The number of alkyl halides is 3. The summed E-state index contributed by atoms with van der Waals surface area (Å²) in [7, 11) is 1.68. The van der Waals surface area contributed by atoms with Crippen molar-refractivity contribution >= 4 is 5.82 Å². The number of nitrogens with zero attached hydrogens (tertiary/aromatic N) is 3. The Bertz CT molecular complexity index is 830. The van der Waals surface area contributed by atoms with Gasteiger partial charge in [0.25, 0.3) is 5.56 Å². The largest absolute Gasteiger partial charge is 0.573 e. The Balaban J connectivity index is 1.56. The predicted octanol–water partition coefficient (Wildman–Crippen LogP) is 2.97. The fourth-order valence-electron chi connectivity index (χ4n) is 3.00. The van der Waals surface area contributed by atoms with Crippen molar-refractivity contribution in [2.75, 3.05) is 24.6 Å². The Morgan fingerprint density at radius 3 is 2.52 bits per heavy atom. The van der Waals surface area contributed by atoms with Crippen molar-refractivity contribution in [3.05, 3.63) is 47.0 Å². The third kappa shape index (κ3) is 4.93. The quantitative estimate of drug-likeness (QED) is 0.795. The number of benzene rings is 1. The van der Waals surface area contributed by atoms with Crippen LogP contribution in [0.4, 0.5) is 19.0 Å². The van der Waals surface area contributed by atoms with E-state index in [0.29, 0.717) is 18.9 Å². The fraction of sp³-hybridized carbons (Fsp3) is 0.444. The van der Waals surface area contributed by atoms with E-state index in [4.69, 9.17) is 4.74 Å². The molecule has 0 spiro atoms. The molecule has 1 aliphatic heterocycles. The Morgan fingerprint density at radius 2 is 1.85 bits per heavy atom. The number of ether oxygens (including phenoxy) is 2. The van der Waals surface area contributed by atoms with E-state index >= 15 is 0 Å². The summed E-state index contributed by atoms with van der Waals surface area (Å²) in [6, 6.07) is 5.73. The molecular formula is C18H20F3N3O3. The fourth-order valence-corrected chi connectivity index (χ4v) is 3.00. The Hall–Kier alpha value is -2.71. The number of anilines is 1. The summed E-state index contributed by atoms with van der Waals surface area (Å²) >= 11 is 0. The molecule has 3 rings (SSSR count). The van der Waals surface area contributed by atoms with E-state index in [1.165, 1.54) is 22.8 Å². The second-order valence-electron chi connectivity index (χ2n) is 6.40. The van der Waals surface area contributed by atoms with Crippen molar-refractivity contribution < 1.29 is 22.6 Å². The second kappa shape index (κ2) is 7.89. The van der Waals surface area contributed by atoms with Crippen LogP contribution in [0, 0.1) is 5.92 Å². The van der Waals surface area contributed by atoms with Crippen molar-refractivity contribution in [2.24, 2.45) is 13.0 Å². The van der Waals surface area contributed by atoms with Crippen molar-refractivity contribution in [2.45, 2.75) is 19.2 Å². The zero-order valence-corrected chi connectivity index (χ0v) is 14.8. The van der Waals surface area contributed by atoms with Gasteiger partial charge in [-0.3, -0.25) is 4.79 Å². The lowest BCUT2D eigenvalue weighted by molar-refractivity contribution is -0.275. The van der Waals surface area contributed by atoms with Crippen LogP contribution in [0.15, 0.2) is 41.5 Å². The SMILES string of the molecule is Cn1ccnc(N2CCC(COc3ccccc3OC(F)(F)F)CC2)c1=O. The average Bonchev–Trinajstić information content (AvgIpc) is 2.63. The molecule has 9 heteroatoms. The molecule has 0 bridgehead atoms. The molecule has 1 fully saturated rings. The normalized spacial score (nSPS) is 15.6. The van der Waals surface area contributed by atoms with Gasteiger partial charge in [-0.05, 0) is 30.9 Å². The summed E-state index contributed by atoms with van der Waals surface area (Å²) in [6.07, 6.45) is -0.0693. The molecule has 146 valence electrons. The van der Waals surface area contributed by atoms with Gasteiger partial charge in [0.15, 0.2) is 17.3 Å². The summed E-state index contributed by atoms with van der Waals surface area (Å²) in [5, 5.41) is 0. The van der Waals surface area contributed by atoms with Crippen LogP contribution >= 0.6 is 0 Å². The first-order valence-electron chi connectivity index (χ1n) is 8.57. The van der Waals surface area contributed by atoms with Crippen LogP contribution in [0.1, 0.15) is 12.8 Å². The van der Waals surface area contributed by atoms with E-state index in [1.54, 1.807) is 25.5 Å². The summed E-state index contributed by atoms with van der Waals surface area (Å²) in [4.78, 5) is 18.2. The highest BCUT2D eigenvalue weighted by Crippen LogP contribution is 2.32. The number of aryl methyl sites for hydroxylation is 1. The van der Waals surface area contributed by atoms with Gasteiger partial charge in [0.2, 0.25) is 0 Å². The minimum absolute atomic E-state index is 0.0656. The number of halogens is 3. The maximum absolute atomic E-state index is 12.5. The zero-order valence-electron chi connectivity index (χ0n) is 14.8. The van der Waals surface area contributed by atoms with Crippen LogP contribution in [0.3, 0.4) is 0 Å². The number of rotatable bonds is 5. The highest BCUT2D eigenvalue weighted by molar-refractivity contribution is 5.39. The van der Waals surface area contributed by atoms with Gasteiger partial charge in [0, 0.05) is 32.5 Å². The van der Waals surface area contributed by atoms with Crippen LogP contribution in [0.5, 0.6) is 11.5 Å². The average molecular weight is 383 g/mol. The molecule has 1 aliphatic rings. The number of aromatic nitrogens is 2. The van der Waals surface area contributed by atoms with E-state index in [-0.39, 0.29) is 29.6 Å². The van der Waals surface area contributed by atoms with Crippen molar-refractivity contribution in [1.82, 2.24) is 9.55 Å². The monoisotopic (exact) mass is 383 g/mol. The van der Waals surface area contributed by atoms with Crippen LogP contribution in [-0.2, 0) is 7.05 Å². The van der Waals surface area contributed by atoms with E-state index in [2.05, 4.69) is 9.72 Å². The van der Waals surface area contributed by atoms with E-state index in [9.17, 15) is 18.0 Å². The molecular weight excluding hydrogens is 363 g/mol. The van der Waals surface area contributed by atoms with Gasteiger partial charge < -0.3 is 18.9 Å². The lowest BCUT2D eigenvalue weighted by Crippen LogP contribution is -2.39. The molecule has 0 radical (unpaired) electrons. The Kier molecular flexibility index (Phi) is 5.57. The first-order valence-corrected chi connectivity index (χ1v) is 8.57. The van der Waals surface area contributed by atoms with E-state index in [0.717, 1.165) is 12.8 Å². The zero-order chi connectivity index (χ0) is 19.4. The number of hydrogen-bond acceptors (Lipinski definition) is 5. The molecule has 1 aromatic heterocycles. The van der Waals surface area contributed by atoms with Crippen molar-refractivity contribution in [1.29, 1.82) is 0 Å². The molecule has 0 aliphatic carbocycles. The summed E-state index contributed by atoms with van der Waals surface area (Å²) in [5.74, 6) is 0.311. The lowest BCUT2D eigenvalue weighted by atomic mass is 9.98. The van der Waals surface area contributed by atoms with Crippen LogP contribution in [0.2, 0.25) is 0 Å². The third-order valence-electron chi connectivity index (χ3n) is 4.46. The maximum Gasteiger partial charge on any atom is 0.573 e. The molecule has 6 nitrogen and oxygen atoms in total. The molecule has 0 atom stereocenters. The van der Waals surface area contributed by atoms with Crippen LogP contribution < -0.4 is 19.9 Å². The summed E-state index contributed by atoms with van der Waals surface area (Å²) in [5.41, 5.74) is -0.148. The van der Waals surface area contributed by atoms with Crippen LogP contribution in [0.25, 0.3) is 0 Å². The molecule has 2 aromatic rings. The van der Waals surface area contributed by atoms with Crippen molar-refractivity contribution in [3.8, 4) is 11.5 Å². The lowest BCUT2D eigenvalue weighted by Gasteiger charge is -2.32. The smallest absolute Gasteiger partial charge is 0.489 e. The standard InChI is InChI=1S/C18H20F3N3O3/c1-23-11-8-22-16(17(23)25)24-9-6-13(7-10-24)12-26-14-4-2-3-5-15(14)27-18(19,20)21/h2-5,8,11,13H,6-7,9-10,12H2,1H3. The van der Waals surface area contributed by atoms with E-state index < -0.39 is 6.36 Å². The van der Waals surface area contributed by atoms with Gasteiger partial charge in [-0.2, -0.15) is 0 Å². The molecule has 0 N–H and O–H groups in total. The van der Waals surface area contributed by atoms with Gasteiger partial charge in [0.05, 0.1) is 6.61 Å². The molecule has 1 saturated heterocycles. The Morgan fingerprint density at radius 1 is 1.19 bits per heavy atom. The summed E-state index contributed by atoms with van der Waals surface area (Å²) in [6.45, 7) is 1.56. The third-order valence-corrected chi connectivity index (χ3v) is 4.46. The number of para-hydroxylation sites is 2. The van der Waals surface area contributed by atoms with Gasteiger partial charge in [-0.15, -0.1) is 13.2 Å². The van der Waals surface area contributed by atoms with Crippen molar-refractivity contribution in [3.63, 3.8) is 0 Å². The highest BCUT2D eigenvalue weighted by atomic mass is 19.4. The molecule has 0 amide bonds. The van der Waals surface area contributed by atoms with Gasteiger partial charge in [-0.1, -0.05) is 12.1 Å². The Labute approximate surface area is 154 Å². The van der Waals surface area contributed by atoms with Gasteiger partial charge in [-0.25, -0.2) is 4.98 Å². The molecule has 1 aromatic carbocycles. The molecule has 0 saturated carbocycles. The van der Waals surface area contributed by atoms with Gasteiger partial charge >= 0.3 is 6.36 Å². The number of hydrogen-bond donors (Lipinski definition) is 0. The van der Waals surface area contributed by atoms with E-state index in [1.807, 2.05) is 4.90 Å². The first kappa shape index (κ1) is 19.1. The summed E-state index contributed by atoms with van der Waals surface area (Å²) < 4.78 is 48.5.